The van der Waals surface area contributed by atoms with Crippen molar-refractivity contribution in [2.75, 3.05) is 13.6 Å². The van der Waals surface area contributed by atoms with Crippen LogP contribution in [0.15, 0.2) is 18.2 Å². The summed E-state index contributed by atoms with van der Waals surface area (Å²) in [5.41, 5.74) is 0.713. The van der Waals surface area contributed by atoms with Gasteiger partial charge in [-0.3, -0.25) is 4.79 Å². The Labute approximate surface area is 118 Å². The van der Waals surface area contributed by atoms with E-state index in [9.17, 15) is 13.6 Å². The van der Waals surface area contributed by atoms with Gasteiger partial charge in [-0.05, 0) is 37.1 Å². The fraction of sp³-hybridized carbons (Fsp3) is 0.533. The molecule has 1 atom stereocenters. The molecule has 0 aliphatic carbocycles. The summed E-state index contributed by atoms with van der Waals surface area (Å²) in [5.74, 6) is -2.26. The highest BCUT2D eigenvalue weighted by Gasteiger charge is 2.20. The van der Waals surface area contributed by atoms with Crippen LogP contribution in [0.1, 0.15) is 25.8 Å². The SMILES string of the molecule is CC(C)C(Cc1ccc(F)c(F)c1)N(C)CCC(=O)O. The van der Waals surface area contributed by atoms with E-state index >= 15 is 0 Å². The molecule has 0 aliphatic rings. The minimum Gasteiger partial charge on any atom is -0.481 e. The van der Waals surface area contributed by atoms with Gasteiger partial charge in [-0.25, -0.2) is 8.78 Å². The second-order valence-corrected chi connectivity index (χ2v) is 5.39. The van der Waals surface area contributed by atoms with Crippen LogP contribution in [0.4, 0.5) is 8.78 Å². The summed E-state index contributed by atoms with van der Waals surface area (Å²) in [6.07, 6.45) is 0.627. The summed E-state index contributed by atoms with van der Waals surface area (Å²) in [6.45, 7) is 4.49. The Morgan fingerprint density at radius 1 is 1.30 bits per heavy atom. The van der Waals surface area contributed by atoms with Crippen LogP contribution in [-0.2, 0) is 11.2 Å². The highest BCUT2D eigenvalue weighted by Crippen LogP contribution is 2.17. The highest BCUT2D eigenvalue weighted by molar-refractivity contribution is 5.66. The normalized spacial score (nSPS) is 12.9. The number of aliphatic carboxylic acids is 1. The maximum absolute atomic E-state index is 13.2. The third kappa shape index (κ3) is 4.89. The first-order valence-corrected chi connectivity index (χ1v) is 6.67. The second kappa shape index (κ2) is 7.33. The highest BCUT2D eigenvalue weighted by atomic mass is 19.2. The molecule has 1 unspecified atom stereocenters. The van der Waals surface area contributed by atoms with Crippen molar-refractivity contribution in [3.63, 3.8) is 0 Å². The molecule has 20 heavy (non-hydrogen) atoms. The lowest BCUT2D eigenvalue weighted by Gasteiger charge is -2.31. The van der Waals surface area contributed by atoms with Gasteiger partial charge in [0, 0.05) is 12.6 Å². The molecule has 0 spiro atoms. The lowest BCUT2D eigenvalue weighted by molar-refractivity contribution is -0.137. The average Bonchev–Trinajstić information content (AvgIpc) is 2.36. The number of carboxylic acid groups (broad SMARTS) is 1. The third-order valence-electron chi connectivity index (χ3n) is 3.44. The van der Waals surface area contributed by atoms with Crippen LogP contribution in [0.2, 0.25) is 0 Å². The summed E-state index contributed by atoms with van der Waals surface area (Å²) < 4.78 is 26.1. The van der Waals surface area contributed by atoms with E-state index in [4.69, 9.17) is 5.11 Å². The number of nitrogens with zero attached hydrogens (tertiary/aromatic N) is 1. The van der Waals surface area contributed by atoms with Gasteiger partial charge in [0.25, 0.3) is 0 Å². The predicted octanol–water partition coefficient (Wildman–Crippen LogP) is 2.94. The molecule has 112 valence electrons. The van der Waals surface area contributed by atoms with Crippen molar-refractivity contribution >= 4 is 5.97 Å². The summed E-state index contributed by atoms with van der Waals surface area (Å²) in [6, 6.07) is 3.98. The van der Waals surface area contributed by atoms with Crippen molar-refractivity contribution in [2.24, 2.45) is 5.92 Å². The number of benzene rings is 1. The molecule has 0 aliphatic heterocycles. The molecule has 0 bridgehead atoms. The van der Waals surface area contributed by atoms with Crippen molar-refractivity contribution in [3.05, 3.63) is 35.4 Å². The number of carbonyl (C=O) groups is 1. The summed E-state index contributed by atoms with van der Waals surface area (Å²) in [5, 5.41) is 8.72. The molecule has 3 nitrogen and oxygen atoms in total. The first-order chi connectivity index (χ1) is 9.31. The summed E-state index contributed by atoms with van der Waals surface area (Å²) >= 11 is 0. The molecular weight excluding hydrogens is 264 g/mol. The monoisotopic (exact) mass is 285 g/mol. The van der Waals surface area contributed by atoms with Gasteiger partial charge in [0.1, 0.15) is 0 Å². The smallest absolute Gasteiger partial charge is 0.304 e. The molecule has 0 saturated heterocycles. The van der Waals surface area contributed by atoms with Gasteiger partial charge in [0.05, 0.1) is 6.42 Å². The Hall–Kier alpha value is -1.49. The Balaban J connectivity index is 2.75. The topological polar surface area (TPSA) is 40.5 Å². The summed E-state index contributed by atoms with van der Waals surface area (Å²) in [7, 11) is 1.85. The number of halogens is 2. The maximum atomic E-state index is 13.2. The molecule has 0 radical (unpaired) electrons. The van der Waals surface area contributed by atoms with E-state index in [0.717, 1.165) is 6.07 Å². The zero-order chi connectivity index (χ0) is 15.3. The van der Waals surface area contributed by atoms with Crippen molar-refractivity contribution in [1.82, 2.24) is 4.90 Å². The van der Waals surface area contributed by atoms with Crippen LogP contribution in [-0.4, -0.2) is 35.6 Å². The van der Waals surface area contributed by atoms with Gasteiger partial charge in [0.2, 0.25) is 0 Å². The average molecular weight is 285 g/mol. The van der Waals surface area contributed by atoms with E-state index in [1.165, 1.54) is 6.07 Å². The number of rotatable bonds is 7. The van der Waals surface area contributed by atoms with E-state index < -0.39 is 17.6 Å². The van der Waals surface area contributed by atoms with Crippen LogP contribution < -0.4 is 0 Å². The van der Waals surface area contributed by atoms with Gasteiger partial charge < -0.3 is 10.0 Å². The molecule has 1 aromatic carbocycles. The van der Waals surface area contributed by atoms with E-state index in [0.29, 0.717) is 18.5 Å². The van der Waals surface area contributed by atoms with E-state index in [-0.39, 0.29) is 18.4 Å². The zero-order valence-corrected chi connectivity index (χ0v) is 12.1. The van der Waals surface area contributed by atoms with Gasteiger partial charge in [0.15, 0.2) is 11.6 Å². The molecular formula is C15H21F2NO2. The quantitative estimate of drug-likeness (QED) is 0.837. The molecule has 0 amide bonds. The van der Waals surface area contributed by atoms with Crippen LogP contribution >= 0.6 is 0 Å². The fourth-order valence-electron chi connectivity index (χ4n) is 2.25. The number of hydrogen-bond donors (Lipinski definition) is 1. The van der Waals surface area contributed by atoms with E-state index in [2.05, 4.69) is 0 Å². The van der Waals surface area contributed by atoms with E-state index in [1.54, 1.807) is 6.07 Å². The Bertz CT molecular complexity index is 463. The lowest BCUT2D eigenvalue weighted by atomic mass is 9.95. The molecule has 5 heteroatoms. The van der Waals surface area contributed by atoms with Crippen LogP contribution in [0, 0.1) is 17.6 Å². The molecule has 1 aromatic rings. The molecule has 0 saturated carbocycles. The molecule has 1 N–H and O–H groups in total. The molecule has 0 fully saturated rings. The van der Waals surface area contributed by atoms with Gasteiger partial charge >= 0.3 is 5.97 Å². The van der Waals surface area contributed by atoms with E-state index in [1.807, 2.05) is 25.8 Å². The molecule has 0 aromatic heterocycles. The van der Waals surface area contributed by atoms with Crippen molar-refractivity contribution in [3.8, 4) is 0 Å². The third-order valence-corrected chi connectivity index (χ3v) is 3.44. The molecule has 1 rings (SSSR count). The van der Waals surface area contributed by atoms with Gasteiger partial charge in [-0.2, -0.15) is 0 Å². The largest absolute Gasteiger partial charge is 0.481 e. The van der Waals surface area contributed by atoms with Crippen LogP contribution in [0.3, 0.4) is 0 Å². The number of hydrogen-bond acceptors (Lipinski definition) is 2. The Kier molecular flexibility index (Phi) is 6.07. The standard InChI is InChI=1S/C15H21F2NO2/c1-10(2)14(18(3)7-6-15(19)20)9-11-4-5-12(16)13(17)8-11/h4-5,8,10,14H,6-7,9H2,1-3H3,(H,19,20). The van der Waals surface area contributed by atoms with Crippen LogP contribution in [0.25, 0.3) is 0 Å². The van der Waals surface area contributed by atoms with Crippen molar-refractivity contribution in [1.29, 1.82) is 0 Å². The summed E-state index contributed by atoms with van der Waals surface area (Å²) in [4.78, 5) is 12.6. The number of carboxylic acids is 1. The van der Waals surface area contributed by atoms with Crippen LogP contribution in [0.5, 0.6) is 0 Å². The molecule has 0 heterocycles. The minimum atomic E-state index is -0.853. The minimum absolute atomic E-state index is 0.0670. The Morgan fingerprint density at radius 3 is 2.45 bits per heavy atom. The maximum Gasteiger partial charge on any atom is 0.304 e. The Morgan fingerprint density at radius 2 is 1.95 bits per heavy atom. The van der Waals surface area contributed by atoms with Gasteiger partial charge in [-0.1, -0.05) is 19.9 Å². The first kappa shape index (κ1) is 16.6. The zero-order valence-electron chi connectivity index (χ0n) is 12.1. The van der Waals surface area contributed by atoms with Crippen molar-refractivity contribution in [2.45, 2.75) is 32.7 Å². The van der Waals surface area contributed by atoms with Gasteiger partial charge in [-0.15, -0.1) is 0 Å². The van der Waals surface area contributed by atoms with Crippen molar-refractivity contribution < 1.29 is 18.7 Å². The second-order valence-electron chi connectivity index (χ2n) is 5.39. The predicted molar refractivity (Wildman–Crippen MR) is 73.6 cm³/mol. The first-order valence-electron chi connectivity index (χ1n) is 6.67. The number of likely N-dealkylation sites (N-methyl/N-ethyl adjacent to an activating group) is 1. The lowest BCUT2D eigenvalue weighted by Crippen LogP contribution is -2.39. The fourth-order valence-corrected chi connectivity index (χ4v) is 2.25.